The molecular weight excluding hydrogens is 332 g/mol. The molecule has 1 amide bonds. The molecule has 0 saturated carbocycles. The Balaban J connectivity index is 1.46. The van der Waals surface area contributed by atoms with E-state index in [1.54, 1.807) is 18.4 Å². The average Bonchev–Trinajstić information content (AvgIpc) is 3.20. The molecule has 1 aromatic heterocycles. The standard InChI is InChI=1S/C20H26N2O2S/c1-21-15(13-24-2)7-8-20(21)9-11-22(12-10-20)19(23)17-14-25-18-6-4-3-5-16(17)18/h3-6,14-15H,7-13H2,1-2H3. The van der Waals surface area contributed by atoms with Gasteiger partial charge in [0.15, 0.2) is 0 Å². The number of rotatable bonds is 3. The number of hydrogen-bond acceptors (Lipinski definition) is 4. The smallest absolute Gasteiger partial charge is 0.255 e. The number of likely N-dealkylation sites (tertiary alicyclic amines) is 2. The van der Waals surface area contributed by atoms with Gasteiger partial charge in [-0.25, -0.2) is 0 Å². The summed E-state index contributed by atoms with van der Waals surface area (Å²) in [5, 5.41) is 3.11. The third kappa shape index (κ3) is 2.88. The number of hydrogen-bond donors (Lipinski definition) is 0. The number of nitrogens with zero attached hydrogens (tertiary/aromatic N) is 2. The summed E-state index contributed by atoms with van der Waals surface area (Å²) in [5.74, 6) is 0.196. The molecule has 3 heterocycles. The Labute approximate surface area is 153 Å². The number of methoxy groups -OCH3 is 1. The van der Waals surface area contributed by atoms with E-state index >= 15 is 0 Å². The Morgan fingerprint density at radius 3 is 2.80 bits per heavy atom. The molecule has 2 aromatic rings. The Bertz CT molecular complexity index is 764. The van der Waals surface area contributed by atoms with Gasteiger partial charge >= 0.3 is 0 Å². The van der Waals surface area contributed by atoms with Crippen LogP contribution in [0.3, 0.4) is 0 Å². The third-order valence-corrected chi connectivity index (χ3v) is 7.25. The minimum absolute atomic E-state index is 0.196. The summed E-state index contributed by atoms with van der Waals surface area (Å²) in [4.78, 5) is 17.6. The predicted octanol–water partition coefficient (Wildman–Crippen LogP) is 3.62. The molecule has 5 heteroatoms. The summed E-state index contributed by atoms with van der Waals surface area (Å²) in [7, 11) is 4.02. The summed E-state index contributed by atoms with van der Waals surface area (Å²) in [6.45, 7) is 2.52. The van der Waals surface area contributed by atoms with Crippen LogP contribution in [0, 0.1) is 0 Å². The van der Waals surface area contributed by atoms with Gasteiger partial charge in [0.05, 0.1) is 12.2 Å². The molecule has 0 bridgehead atoms. The van der Waals surface area contributed by atoms with Crippen molar-refractivity contribution in [1.82, 2.24) is 9.80 Å². The third-order valence-electron chi connectivity index (χ3n) is 6.29. The monoisotopic (exact) mass is 358 g/mol. The lowest BCUT2D eigenvalue weighted by molar-refractivity contribution is 0.0274. The van der Waals surface area contributed by atoms with Crippen LogP contribution in [0.15, 0.2) is 29.6 Å². The van der Waals surface area contributed by atoms with E-state index in [-0.39, 0.29) is 11.4 Å². The lowest BCUT2D eigenvalue weighted by Crippen LogP contribution is -2.54. The van der Waals surface area contributed by atoms with E-state index < -0.39 is 0 Å². The second kappa shape index (κ2) is 6.71. The quantitative estimate of drug-likeness (QED) is 0.840. The normalized spacial score (nSPS) is 23.6. The van der Waals surface area contributed by atoms with Gasteiger partial charge in [-0.3, -0.25) is 9.69 Å². The van der Waals surface area contributed by atoms with Crippen LogP contribution in [0.4, 0.5) is 0 Å². The fourth-order valence-corrected chi connectivity index (χ4v) is 5.56. The van der Waals surface area contributed by atoms with Crippen LogP contribution in [-0.4, -0.2) is 61.1 Å². The van der Waals surface area contributed by atoms with Crippen molar-refractivity contribution in [1.29, 1.82) is 0 Å². The Morgan fingerprint density at radius 2 is 2.04 bits per heavy atom. The van der Waals surface area contributed by atoms with Crippen molar-refractivity contribution in [2.75, 3.05) is 33.9 Å². The van der Waals surface area contributed by atoms with Gasteiger partial charge in [0.2, 0.25) is 0 Å². The second-order valence-corrected chi connectivity index (χ2v) is 8.33. The maximum absolute atomic E-state index is 13.0. The van der Waals surface area contributed by atoms with Crippen molar-refractivity contribution in [3.63, 3.8) is 0 Å². The van der Waals surface area contributed by atoms with Crippen molar-refractivity contribution in [3.05, 3.63) is 35.2 Å². The maximum atomic E-state index is 13.0. The van der Waals surface area contributed by atoms with E-state index in [4.69, 9.17) is 4.74 Å². The molecule has 1 aromatic carbocycles. The van der Waals surface area contributed by atoms with E-state index in [9.17, 15) is 4.79 Å². The number of carbonyl (C=O) groups is 1. The number of carbonyl (C=O) groups excluding carboxylic acids is 1. The first-order chi connectivity index (χ1) is 12.1. The van der Waals surface area contributed by atoms with Crippen molar-refractivity contribution >= 4 is 27.3 Å². The van der Waals surface area contributed by atoms with Gasteiger partial charge in [-0.2, -0.15) is 0 Å². The van der Waals surface area contributed by atoms with Gasteiger partial charge in [0.25, 0.3) is 5.91 Å². The minimum Gasteiger partial charge on any atom is -0.383 e. The first-order valence-electron chi connectivity index (χ1n) is 9.12. The van der Waals surface area contributed by atoms with E-state index in [1.807, 2.05) is 17.5 Å². The molecule has 2 saturated heterocycles. The number of benzene rings is 1. The topological polar surface area (TPSA) is 32.8 Å². The van der Waals surface area contributed by atoms with Crippen LogP contribution in [-0.2, 0) is 4.74 Å². The highest BCUT2D eigenvalue weighted by Crippen LogP contribution is 2.41. The molecule has 0 N–H and O–H groups in total. The highest BCUT2D eigenvalue weighted by atomic mass is 32.1. The average molecular weight is 359 g/mol. The molecule has 2 fully saturated rings. The van der Waals surface area contributed by atoms with Gasteiger partial charge in [0.1, 0.15) is 0 Å². The fraction of sp³-hybridized carbons (Fsp3) is 0.550. The second-order valence-electron chi connectivity index (χ2n) is 7.42. The predicted molar refractivity (Wildman–Crippen MR) is 102 cm³/mol. The van der Waals surface area contributed by atoms with E-state index in [2.05, 4.69) is 29.0 Å². The van der Waals surface area contributed by atoms with Gasteiger partial charge in [-0.1, -0.05) is 18.2 Å². The Hall–Kier alpha value is -1.43. The molecular formula is C20H26N2O2S. The minimum atomic E-state index is 0.196. The van der Waals surface area contributed by atoms with Crippen LogP contribution in [0.5, 0.6) is 0 Å². The summed E-state index contributed by atoms with van der Waals surface area (Å²) in [6, 6.07) is 8.72. The number of piperidine rings is 1. The van der Waals surface area contributed by atoms with Crippen molar-refractivity contribution in [2.45, 2.75) is 37.3 Å². The summed E-state index contributed by atoms with van der Waals surface area (Å²) in [5.41, 5.74) is 1.13. The lowest BCUT2D eigenvalue weighted by atomic mass is 9.85. The first-order valence-corrected chi connectivity index (χ1v) is 10.00. The van der Waals surface area contributed by atoms with Gasteiger partial charge in [-0.05, 0) is 38.8 Å². The molecule has 25 heavy (non-hydrogen) atoms. The van der Waals surface area contributed by atoms with Crippen LogP contribution >= 0.6 is 11.3 Å². The zero-order chi connectivity index (χ0) is 17.4. The zero-order valence-corrected chi connectivity index (χ0v) is 15.8. The van der Waals surface area contributed by atoms with E-state index in [0.29, 0.717) is 6.04 Å². The molecule has 2 aliphatic heterocycles. The number of fused-ring (bicyclic) bond motifs is 1. The number of amides is 1. The molecule has 4 rings (SSSR count). The first kappa shape index (κ1) is 17.0. The van der Waals surface area contributed by atoms with E-state index in [0.717, 1.165) is 43.5 Å². The Morgan fingerprint density at radius 1 is 1.28 bits per heavy atom. The van der Waals surface area contributed by atoms with Crippen LogP contribution in [0.25, 0.3) is 10.1 Å². The molecule has 1 spiro atoms. The van der Waals surface area contributed by atoms with Crippen LogP contribution < -0.4 is 0 Å². The lowest BCUT2D eigenvalue weighted by Gasteiger charge is -2.45. The van der Waals surface area contributed by atoms with Crippen molar-refractivity contribution in [3.8, 4) is 0 Å². The van der Waals surface area contributed by atoms with Crippen molar-refractivity contribution < 1.29 is 9.53 Å². The molecule has 1 atom stereocenters. The zero-order valence-electron chi connectivity index (χ0n) is 15.0. The fourth-order valence-electron chi connectivity index (χ4n) is 4.62. The summed E-state index contributed by atoms with van der Waals surface area (Å²) >= 11 is 1.66. The largest absolute Gasteiger partial charge is 0.383 e. The highest BCUT2D eigenvalue weighted by Gasteiger charge is 2.46. The number of likely N-dealkylation sites (N-methyl/N-ethyl adjacent to an activating group) is 1. The SMILES string of the molecule is COCC1CCC2(CCN(C(=O)c3csc4ccccc34)CC2)N1C. The number of thiophene rings is 1. The molecule has 2 aliphatic rings. The van der Waals surface area contributed by atoms with Gasteiger partial charge < -0.3 is 9.64 Å². The molecule has 134 valence electrons. The highest BCUT2D eigenvalue weighted by molar-refractivity contribution is 7.17. The number of ether oxygens (including phenoxy) is 1. The Kier molecular flexibility index (Phi) is 4.56. The van der Waals surface area contributed by atoms with Crippen molar-refractivity contribution in [2.24, 2.45) is 0 Å². The molecule has 1 unspecified atom stereocenters. The molecule has 0 radical (unpaired) electrons. The van der Waals surface area contributed by atoms with Crippen LogP contribution in [0.1, 0.15) is 36.0 Å². The molecule has 0 aliphatic carbocycles. The molecule has 4 nitrogen and oxygen atoms in total. The maximum Gasteiger partial charge on any atom is 0.255 e. The van der Waals surface area contributed by atoms with Gasteiger partial charge in [0, 0.05) is 47.2 Å². The summed E-state index contributed by atoms with van der Waals surface area (Å²) < 4.78 is 6.57. The summed E-state index contributed by atoms with van der Waals surface area (Å²) in [6.07, 6.45) is 4.56. The van der Waals surface area contributed by atoms with Gasteiger partial charge in [-0.15, -0.1) is 11.3 Å². The van der Waals surface area contributed by atoms with Crippen LogP contribution in [0.2, 0.25) is 0 Å². The van der Waals surface area contributed by atoms with E-state index in [1.165, 1.54) is 17.5 Å².